The Morgan fingerprint density at radius 3 is 2.54 bits per heavy atom. The van der Waals surface area contributed by atoms with E-state index in [0.29, 0.717) is 41.1 Å². The molecule has 1 aromatic carbocycles. The van der Waals surface area contributed by atoms with E-state index in [2.05, 4.69) is 40.6 Å². The van der Waals surface area contributed by atoms with Gasteiger partial charge in [-0.3, -0.25) is 9.55 Å². The highest BCUT2D eigenvalue weighted by Crippen LogP contribution is 2.34. The number of pyridine rings is 2. The van der Waals surface area contributed by atoms with Crippen LogP contribution in [0, 0.1) is 0 Å². The molecule has 4 aromatic rings. The van der Waals surface area contributed by atoms with Crippen LogP contribution in [0.4, 0.5) is 0 Å². The van der Waals surface area contributed by atoms with Crippen LogP contribution in [0.3, 0.4) is 0 Å². The molecule has 2 aliphatic heterocycles. The Morgan fingerprint density at radius 1 is 1.05 bits per heavy atom. The van der Waals surface area contributed by atoms with Gasteiger partial charge in [0, 0.05) is 36.5 Å². The molecule has 0 bridgehead atoms. The van der Waals surface area contributed by atoms with E-state index in [0.717, 1.165) is 27.3 Å². The summed E-state index contributed by atoms with van der Waals surface area (Å²) < 4.78 is 26.8. The summed E-state index contributed by atoms with van der Waals surface area (Å²) in [6.45, 7) is 8.31. The van der Waals surface area contributed by atoms with Gasteiger partial charge in [-0.15, -0.1) is 0 Å². The zero-order valence-corrected chi connectivity index (χ0v) is 26.4. The van der Waals surface area contributed by atoms with Gasteiger partial charge < -0.3 is 24.1 Å². The summed E-state index contributed by atoms with van der Waals surface area (Å²) in [5.41, 5.74) is 4.42. The zero-order valence-electron chi connectivity index (χ0n) is 23.1. The van der Waals surface area contributed by atoms with Gasteiger partial charge in [0.25, 0.3) is 0 Å². The average Bonchev–Trinajstić information content (AvgIpc) is 3.61. The molecular formula is C29H32BrClN4O5Si. The van der Waals surface area contributed by atoms with Crippen molar-refractivity contribution in [3.63, 3.8) is 0 Å². The average molecular weight is 660 g/mol. The Bertz CT molecular complexity index is 1530. The lowest BCUT2D eigenvalue weighted by Gasteiger charge is -2.19. The number of aliphatic hydroxyl groups is 1. The van der Waals surface area contributed by atoms with E-state index in [1.807, 2.05) is 41.0 Å². The van der Waals surface area contributed by atoms with Crippen molar-refractivity contribution in [3.05, 3.63) is 58.2 Å². The van der Waals surface area contributed by atoms with Gasteiger partial charge in [-0.1, -0.05) is 59.3 Å². The lowest BCUT2D eigenvalue weighted by molar-refractivity contribution is 0.00336. The number of benzene rings is 1. The van der Waals surface area contributed by atoms with E-state index >= 15 is 0 Å². The molecule has 2 saturated heterocycles. The lowest BCUT2D eigenvalue weighted by atomic mass is 10.1. The number of ether oxygens (including phenoxy) is 4. The molecule has 1 N–H and O–H groups in total. The maximum absolute atomic E-state index is 10.1. The van der Waals surface area contributed by atoms with Crippen molar-refractivity contribution in [1.82, 2.24) is 19.5 Å². The second-order valence-electron chi connectivity index (χ2n) is 11.6. The van der Waals surface area contributed by atoms with Crippen molar-refractivity contribution < 1.29 is 24.1 Å². The number of halogens is 2. The van der Waals surface area contributed by atoms with Crippen LogP contribution in [0.15, 0.2) is 53.1 Å². The third-order valence-corrected chi connectivity index (χ3v) is 9.79. The Morgan fingerprint density at radius 2 is 1.80 bits per heavy atom. The summed E-state index contributed by atoms with van der Waals surface area (Å²) in [7, 11) is -1.27. The number of nitrogens with zero attached hydrogens (tertiary/aromatic N) is 4. The lowest BCUT2D eigenvalue weighted by Crippen LogP contribution is -2.35. The van der Waals surface area contributed by atoms with Crippen molar-refractivity contribution in [3.8, 4) is 28.5 Å². The van der Waals surface area contributed by atoms with E-state index in [1.165, 1.54) is 0 Å². The van der Waals surface area contributed by atoms with E-state index in [9.17, 15) is 5.11 Å². The molecule has 0 amide bonds. The van der Waals surface area contributed by atoms with Crippen LogP contribution in [-0.4, -0.2) is 76.9 Å². The first-order valence-electron chi connectivity index (χ1n) is 13.6. The van der Waals surface area contributed by atoms with Crippen LogP contribution >= 0.6 is 27.5 Å². The first-order chi connectivity index (χ1) is 19.7. The Hall–Kier alpha value is -2.38. The number of hydrogen-bond acceptors (Lipinski definition) is 8. The fourth-order valence-corrected chi connectivity index (χ4v) is 6.23. The first-order valence-corrected chi connectivity index (χ1v) is 18.5. The highest BCUT2D eigenvalue weighted by atomic mass is 79.9. The van der Waals surface area contributed by atoms with Gasteiger partial charge in [-0.2, -0.15) is 4.98 Å². The highest BCUT2D eigenvalue weighted by Gasteiger charge is 2.49. The minimum Gasteiger partial charge on any atom is -0.456 e. The molecule has 9 nitrogen and oxygen atoms in total. The van der Waals surface area contributed by atoms with Crippen LogP contribution in [0.25, 0.3) is 33.7 Å². The van der Waals surface area contributed by atoms with E-state index in [-0.39, 0.29) is 19.4 Å². The van der Waals surface area contributed by atoms with Gasteiger partial charge in [0.05, 0.1) is 29.6 Å². The number of rotatable bonds is 9. The molecule has 12 heteroatoms. The summed E-state index contributed by atoms with van der Waals surface area (Å²) in [6.07, 6.45) is -0.0749. The molecule has 0 aliphatic carbocycles. The summed E-state index contributed by atoms with van der Waals surface area (Å²) in [5.74, 6) is 0. The maximum Gasteiger partial charge on any atom is 0.301 e. The molecule has 216 valence electrons. The minimum atomic E-state index is -1.27. The smallest absolute Gasteiger partial charge is 0.301 e. The number of fused-ring (bicyclic) bond motifs is 2. The summed E-state index contributed by atoms with van der Waals surface area (Å²) in [6, 6.07) is 15.1. The fourth-order valence-electron chi connectivity index (χ4n) is 4.95. The molecule has 3 aromatic heterocycles. The van der Waals surface area contributed by atoms with Crippen molar-refractivity contribution >= 4 is 46.8 Å². The second kappa shape index (κ2) is 11.7. The van der Waals surface area contributed by atoms with Gasteiger partial charge in [0.15, 0.2) is 11.8 Å². The van der Waals surface area contributed by atoms with Crippen molar-refractivity contribution in [1.29, 1.82) is 0 Å². The number of aliphatic hydroxyl groups excluding tert-OH is 1. The third-order valence-electron chi connectivity index (χ3n) is 7.27. The third kappa shape index (κ3) is 6.22. The zero-order chi connectivity index (χ0) is 28.7. The van der Waals surface area contributed by atoms with Gasteiger partial charge in [0.1, 0.15) is 30.6 Å². The molecule has 0 saturated carbocycles. The minimum absolute atomic E-state index is 0.219. The molecule has 0 radical (unpaired) electrons. The molecule has 4 unspecified atom stereocenters. The van der Waals surface area contributed by atoms with Crippen LogP contribution in [0.5, 0.6) is 6.01 Å². The molecule has 5 heterocycles. The molecule has 6 rings (SSSR count). The van der Waals surface area contributed by atoms with Crippen LogP contribution in [0.1, 0.15) is 0 Å². The SMILES string of the molecule is C[Si](C)(C)CCOCn1c(OC2COC3C(O)COC23)nc2cc(Cl)c(-c3ccc(-c4ccc(Br)cc4)nc3)nc21. The van der Waals surface area contributed by atoms with Crippen molar-refractivity contribution in [2.75, 3.05) is 19.8 Å². The second-order valence-corrected chi connectivity index (χ2v) is 18.5. The predicted octanol–water partition coefficient (Wildman–Crippen LogP) is 5.79. The molecule has 41 heavy (non-hydrogen) atoms. The van der Waals surface area contributed by atoms with E-state index in [1.54, 1.807) is 12.3 Å². The largest absolute Gasteiger partial charge is 0.456 e. The molecular weight excluding hydrogens is 628 g/mol. The maximum atomic E-state index is 10.1. The summed E-state index contributed by atoms with van der Waals surface area (Å²) >= 11 is 10.2. The van der Waals surface area contributed by atoms with E-state index in [4.69, 9.17) is 40.5 Å². The van der Waals surface area contributed by atoms with Crippen LogP contribution in [-0.2, 0) is 20.9 Å². The standard InChI is InChI=1S/C29H32BrClN4O5Si/c1-41(2,3)11-10-37-16-35-28-22(33-29(35)40-24-15-39-26-23(36)14-38-27(24)26)12-20(31)25(34-28)18-6-9-21(32-13-18)17-4-7-19(30)8-5-17/h4-9,12-13,23-24,26-27,36H,10-11,14-16H2,1-3H3. The number of hydrogen-bond donors (Lipinski definition) is 1. The van der Waals surface area contributed by atoms with Gasteiger partial charge in [-0.25, -0.2) is 4.98 Å². The first kappa shape index (κ1) is 28.7. The predicted molar refractivity (Wildman–Crippen MR) is 163 cm³/mol. The van der Waals surface area contributed by atoms with Crippen molar-refractivity contribution in [2.45, 2.75) is 56.8 Å². The number of aromatic nitrogens is 4. The van der Waals surface area contributed by atoms with Gasteiger partial charge in [-0.05, 0) is 36.4 Å². The Labute approximate surface area is 252 Å². The van der Waals surface area contributed by atoms with Crippen LogP contribution in [0.2, 0.25) is 30.7 Å². The molecule has 4 atom stereocenters. The molecule has 2 fully saturated rings. The summed E-state index contributed by atoms with van der Waals surface area (Å²) in [4.78, 5) is 14.3. The van der Waals surface area contributed by atoms with Crippen LogP contribution < -0.4 is 4.74 Å². The monoisotopic (exact) mass is 658 g/mol. The Balaban J connectivity index is 1.31. The Kier molecular flexibility index (Phi) is 8.21. The number of imidazole rings is 1. The summed E-state index contributed by atoms with van der Waals surface area (Å²) in [5, 5.41) is 10.6. The highest BCUT2D eigenvalue weighted by molar-refractivity contribution is 9.10. The fraction of sp³-hybridized carbons (Fsp3) is 0.414. The molecule has 2 aliphatic rings. The quantitative estimate of drug-likeness (QED) is 0.178. The van der Waals surface area contributed by atoms with E-state index < -0.39 is 26.4 Å². The normalized spacial score (nSPS) is 22.4. The van der Waals surface area contributed by atoms with Gasteiger partial charge in [0.2, 0.25) is 0 Å². The van der Waals surface area contributed by atoms with Crippen molar-refractivity contribution in [2.24, 2.45) is 0 Å². The van der Waals surface area contributed by atoms with Gasteiger partial charge >= 0.3 is 6.01 Å². The topological polar surface area (TPSA) is 101 Å². The molecule has 0 spiro atoms.